The largest absolute Gasteiger partial charge is 0.494 e. The fourth-order valence-electron chi connectivity index (χ4n) is 4.47. The van der Waals surface area contributed by atoms with Gasteiger partial charge in [0.05, 0.1) is 17.1 Å². The van der Waals surface area contributed by atoms with Crippen LogP contribution in [0.25, 0.3) is 0 Å². The second kappa shape index (κ2) is 11.6. The van der Waals surface area contributed by atoms with E-state index in [0.29, 0.717) is 34.7 Å². The van der Waals surface area contributed by atoms with E-state index < -0.39 is 11.0 Å². The van der Waals surface area contributed by atoms with Crippen LogP contribution in [0.1, 0.15) is 36.6 Å². The molecule has 0 spiro atoms. The third-order valence-electron chi connectivity index (χ3n) is 6.49. The first-order valence-corrected chi connectivity index (χ1v) is 13.7. The Kier molecular flexibility index (Phi) is 7.83. The van der Waals surface area contributed by atoms with E-state index in [9.17, 15) is 14.9 Å². The molecule has 1 aliphatic rings. The lowest BCUT2D eigenvalue weighted by Gasteiger charge is -2.29. The van der Waals surface area contributed by atoms with Crippen LogP contribution < -0.4 is 15.4 Å². The van der Waals surface area contributed by atoms with Crippen LogP contribution >= 0.6 is 11.8 Å². The van der Waals surface area contributed by atoms with E-state index in [-0.39, 0.29) is 11.6 Å². The number of nitrogens with zero attached hydrogens (tertiary/aromatic N) is 4. The zero-order chi connectivity index (χ0) is 28.2. The van der Waals surface area contributed by atoms with Gasteiger partial charge < -0.3 is 15.4 Å². The number of aromatic nitrogens is 3. The van der Waals surface area contributed by atoms with Crippen LogP contribution in [0.4, 0.5) is 17.3 Å². The van der Waals surface area contributed by atoms with Crippen LogP contribution in [0.5, 0.6) is 5.75 Å². The summed E-state index contributed by atoms with van der Waals surface area (Å²) in [6, 6.07) is 21.2. The predicted octanol–water partition coefficient (Wildman–Crippen LogP) is 6.11. The molecule has 0 bridgehead atoms. The number of non-ortho nitro benzene ring substituents is 1. The second-order valence-electron chi connectivity index (χ2n) is 9.21. The number of rotatable bonds is 9. The van der Waals surface area contributed by atoms with Crippen LogP contribution in [0.15, 0.2) is 89.2 Å². The summed E-state index contributed by atoms with van der Waals surface area (Å²) in [7, 11) is 0. The number of nitrogens with one attached hydrogen (secondary N) is 2. The van der Waals surface area contributed by atoms with E-state index in [4.69, 9.17) is 9.84 Å². The molecule has 11 heteroatoms. The van der Waals surface area contributed by atoms with Gasteiger partial charge in [0.15, 0.2) is 0 Å². The third-order valence-corrected chi connectivity index (χ3v) is 7.40. The molecular weight excluding hydrogens is 528 g/mol. The van der Waals surface area contributed by atoms with Gasteiger partial charge in [-0.15, -0.1) is 5.10 Å². The average molecular weight is 557 g/mol. The first kappa shape index (κ1) is 26.9. The predicted molar refractivity (Wildman–Crippen MR) is 155 cm³/mol. The summed E-state index contributed by atoms with van der Waals surface area (Å²) >= 11 is 1.41. The molecule has 0 aliphatic carbocycles. The van der Waals surface area contributed by atoms with Gasteiger partial charge in [-0.1, -0.05) is 54.2 Å². The SMILES string of the molecule is CCOc1ccc(C2C(C(=O)Nc3ccccc3C)=C(C)Nc3nc(SCc4ccc([N+](=O)[O-])cc4)nn32)cc1. The van der Waals surface area contributed by atoms with Crippen LogP contribution in [-0.2, 0) is 10.5 Å². The number of ether oxygens (including phenoxy) is 1. The van der Waals surface area contributed by atoms with E-state index in [1.165, 1.54) is 23.9 Å². The number of carbonyl (C=O) groups is 1. The van der Waals surface area contributed by atoms with Crippen LogP contribution in [0.3, 0.4) is 0 Å². The maximum atomic E-state index is 13.7. The molecule has 2 heterocycles. The van der Waals surface area contributed by atoms with Gasteiger partial charge >= 0.3 is 0 Å². The standard InChI is InChI=1S/C29H28N6O4S/c1-4-39-23-15-11-21(12-16-23)26-25(27(36)31-24-8-6-5-7-18(24)2)19(3)30-28-32-29(33-34(26)28)40-17-20-9-13-22(14-10-20)35(37)38/h5-16,26H,4,17H2,1-3H3,(H,31,36)(H,30,32,33). The van der Waals surface area contributed by atoms with E-state index in [2.05, 4.69) is 15.6 Å². The number of nitro groups is 1. The van der Waals surface area contributed by atoms with Gasteiger partial charge in [-0.25, -0.2) is 4.68 Å². The number of amides is 1. The number of allylic oxidation sites excluding steroid dienone is 1. The molecule has 2 N–H and O–H groups in total. The normalized spacial score (nSPS) is 14.3. The molecule has 40 heavy (non-hydrogen) atoms. The summed E-state index contributed by atoms with van der Waals surface area (Å²) in [5.41, 5.74) is 4.71. The van der Waals surface area contributed by atoms with Crippen LogP contribution in [0.2, 0.25) is 0 Å². The highest BCUT2D eigenvalue weighted by Crippen LogP contribution is 2.37. The highest BCUT2D eigenvalue weighted by Gasteiger charge is 2.34. The summed E-state index contributed by atoms with van der Waals surface area (Å²) < 4.78 is 7.35. The van der Waals surface area contributed by atoms with Gasteiger partial charge in [0.25, 0.3) is 11.6 Å². The minimum Gasteiger partial charge on any atom is -0.494 e. The fraction of sp³-hybridized carbons (Fsp3) is 0.207. The molecule has 4 aromatic rings. The zero-order valence-electron chi connectivity index (χ0n) is 22.2. The van der Waals surface area contributed by atoms with Crippen molar-refractivity contribution < 1.29 is 14.5 Å². The van der Waals surface area contributed by atoms with Crippen molar-refractivity contribution in [1.29, 1.82) is 0 Å². The van der Waals surface area contributed by atoms with Crippen molar-refractivity contribution in [1.82, 2.24) is 14.8 Å². The number of nitro benzene ring substituents is 1. The fourth-order valence-corrected chi connectivity index (χ4v) is 5.26. The molecule has 1 unspecified atom stereocenters. The molecular formula is C29H28N6O4S. The van der Waals surface area contributed by atoms with Gasteiger partial charge in [-0.05, 0) is 55.7 Å². The summed E-state index contributed by atoms with van der Waals surface area (Å²) in [5.74, 6) is 1.56. The van der Waals surface area contributed by atoms with Gasteiger partial charge in [0, 0.05) is 29.3 Å². The molecule has 0 radical (unpaired) electrons. The van der Waals surface area contributed by atoms with Crippen molar-refractivity contribution in [3.05, 3.63) is 111 Å². The Labute approximate surface area is 235 Å². The minimum atomic E-state index is -0.530. The summed E-state index contributed by atoms with van der Waals surface area (Å²) in [6.45, 7) is 6.29. The van der Waals surface area contributed by atoms with Crippen molar-refractivity contribution in [2.75, 3.05) is 17.2 Å². The van der Waals surface area contributed by atoms with Crippen molar-refractivity contribution in [2.45, 2.75) is 37.7 Å². The Morgan fingerprint density at radius 1 is 1.10 bits per heavy atom. The number of hydrogen-bond donors (Lipinski definition) is 2. The Morgan fingerprint density at radius 3 is 2.50 bits per heavy atom. The molecule has 0 saturated carbocycles. The zero-order valence-corrected chi connectivity index (χ0v) is 23.1. The first-order valence-electron chi connectivity index (χ1n) is 12.7. The molecule has 1 amide bonds. The molecule has 0 fully saturated rings. The van der Waals surface area contributed by atoms with Crippen LogP contribution in [-0.4, -0.2) is 32.2 Å². The number of thioether (sulfide) groups is 1. The number of aryl methyl sites for hydroxylation is 1. The van der Waals surface area contributed by atoms with Gasteiger partial charge in [0.1, 0.15) is 11.8 Å². The van der Waals surface area contributed by atoms with Crippen molar-refractivity contribution >= 4 is 35.0 Å². The van der Waals surface area contributed by atoms with Gasteiger partial charge in [-0.2, -0.15) is 4.98 Å². The van der Waals surface area contributed by atoms with E-state index in [0.717, 1.165) is 28.1 Å². The lowest BCUT2D eigenvalue weighted by atomic mass is 9.95. The average Bonchev–Trinajstić information content (AvgIpc) is 3.35. The molecule has 0 saturated heterocycles. The number of hydrogen-bond acceptors (Lipinski definition) is 8. The lowest BCUT2D eigenvalue weighted by molar-refractivity contribution is -0.384. The van der Waals surface area contributed by atoms with Gasteiger partial charge in [0.2, 0.25) is 11.1 Å². The lowest BCUT2D eigenvalue weighted by Crippen LogP contribution is -2.31. The molecule has 1 aliphatic heterocycles. The minimum absolute atomic E-state index is 0.0461. The Bertz CT molecular complexity index is 1580. The molecule has 1 aromatic heterocycles. The number of para-hydroxylation sites is 1. The molecule has 1 atom stereocenters. The summed E-state index contributed by atoms with van der Waals surface area (Å²) in [4.78, 5) is 29.0. The maximum absolute atomic E-state index is 13.7. The number of anilines is 2. The number of benzene rings is 3. The van der Waals surface area contributed by atoms with Crippen molar-refractivity contribution in [3.63, 3.8) is 0 Å². The molecule has 10 nitrogen and oxygen atoms in total. The Hall–Kier alpha value is -4.64. The molecule has 3 aromatic carbocycles. The smallest absolute Gasteiger partial charge is 0.269 e. The van der Waals surface area contributed by atoms with E-state index in [1.807, 2.05) is 69.3 Å². The molecule has 5 rings (SSSR count). The highest BCUT2D eigenvalue weighted by atomic mass is 32.2. The highest BCUT2D eigenvalue weighted by molar-refractivity contribution is 7.98. The quantitative estimate of drug-likeness (QED) is 0.144. The Balaban J connectivity index is 1.46. The topological polar surface area (TPSA) is 124 Å². The third kappa shape index (κ3) is 5.69. The Morgan fingerprint density at radius 2 is 1.82 bits per heavy atom. The molecule has 204 valence electrons. The van der Waals surface area contributed by atoms with Crippen molar-refractivity contribution in [3.8, 4) is 5.75 Å². The van der Waals surface area contributed by atoms with E-state index in [1.54, 1.807) is 16.8 Å². The van der Waals surface area contributed by atoms with Crippen molar-refractivity contribution in [2.24, 2.45) is 0 Å². The first-order chi connectivity index (χ1) is 19.3. The second-order valence-corrected chi connectivity index (χ2v) is 10.2. The summed E-state index contributed by atoms with van der Waals surface area (Å²) in [5, 5.41) is 22.6. The van der Waals surface area contributed by atoms with Gasteiger partial charge in [-0.3, -0.25) is 14.9 Å². The monoisotopic (exact) mass is 556 g/mol. The summed E-state index contributed by atoms with van der Waals surface area (Å²) in [6.07, 6.45) is 0. The number of fused-ring (bicyclic) bond motifs is 1. The van der Waals surface area contributed by atoms with Crippen LogP contribution in [0, 0.1) is 17.0 Å². The van der Waals surface area contributed by atoms with E-state index >= 15 is 0 Å². The maximum Gasteiger partial charge on any atom is 0.269 e. The number of carbonyl (C=O) groups excluding carboxylic acids is 1.